The second-order valence-electron chi connectivity index (χ2n) is 6.14. The molecule has 1 saturated heterocycles. The molecule has 6 nitrogen and oxygen atoms in total. The van der Waals surface area contributed by atoms with Gasteiger partial charge in [-0.2, -0.15) is 11.8 Å². The zero-order valence-corrected chi connectivity index (χ0v) is 17.4. The zero-order valence-electron chi connectivity index (χ0n) is 15.0. The molecular weight excluding hydrogens is 404 g/mol. The Hall–Kier alpha value is -1.71. The van der Waals surface area contributed by atoms with Crippen LogP contribution in [-0.4, -0.2) is 45.5 Å². The monoisotopic (exact) mass is 426 g/mol. The number of hydrogen-bond acceptors (Lipinski definition) is 6. The first-order valence-corrected chi connectivity index (χ1v) is 12.1. The Morgan fingerprint density at radius 2 is 1.93 bits per heavy atom. The zero-order chi connectivity index (χ0) is 19.3. The number of benzene rings is 1. The van der Waals surface area contributed by atoms with Gasteiger partial charge in [0.15, 0.2) is 6.61 Å². The molecular formula is C18H22N2O4S3. The van der Waals surface area contributed by atoms with Crippen molar-refractivity contribution in [2.75, 3.05) is 29.5 Å². The Morgan fingerprint density at radius 1 is 1.22 bits per heavy atom. The lowest BCUT2D eigenvalue weighted by Crippen LogP contribution is -2.39. The molecule has 0 bridgehead atoms. The molecule has 1 amide bonds. The molecule has 1 aliphatic rings. The van der Waals surface area contributed by atoms with Crippen LogP contribution in [0.4, 0.5) is 5.69 Å². The molecule has 1 N–H and O–H groups in total. The highest BCUT2D eigenvalue weighted by molar-refractivity contribution is 7.99. The van der Waals surface area contributed by atoms with E-state index in [0.717, 1.165) is 24.3 Å². The average Bonchev–Trinajstić information content (AvgIpc) is 3.23. The van der Waals surface area contributed by atoms with Gasteiger partial charge in [0.1, 0.15) is 9.96 Å². The van der Waals surface area contributed by atoms with Crippen LogP contribution >= 0.6 is 23.1 Å². The number of hydrogen-bond donors (Lipinski definition) is 1. The molecule has 0 spiro atoms. The maximum absolute atomic E-state index is 12.5. The Kier molecular flexibility index (Phi) is 6.67. The fourth-order valence-electron chi connectivity index (χ4n) is 2.70. The normalized spacial score (nSPS) is 15.3. The highest BCUT2D eigenvalue weighted by atomic mass is 32.2. The second kappa shape index (κ2) is 8.99. The van der Waals surface area contributed by atoms with Gasteiger partial charge in [0.25, 0.3) is 15.9 Å². The molecule has 0 unspecified atom stereocenters. The Morgan fingerprint density at radius 3 is 2.56 bits per heavy atom. The summed E-state index contributed by atoms with van der Waals surface area (Å²) >= 11 is 3.09. The van der Waals surface area contributed by atoms with Gasteiger partial charge in [-0.15, -0.1) is 11.3 Å². The van der Waals surface area contributed by atoms with Gasteiger partial charge in [0, 0.05) is 13.1 Å². The van der Waals surface area contributed by atoms with Crippen molar-refractivity contribution in [2.45, 2.75) is 23.1 Å². The van der Waals surface area contributed by atoms with Crippen molar-refractivity contribution >= 4 is 44.7 Å². The summed E-state index contributed by atoms with van der Waals surface area (Å²) in [5.74, 6) is 2.55. The molecule has 3 rings (SSSR count). The topological polar surface area (TPSA) is 75.7 Å². The van der Waals surface area contributed by atoms with Crippen LogP contribution < -0.4 is 14.4 Å². The van der Waals surface area contributed by atoms with Gasteiger partial charge in [-0.25, -0.2) is 8.42 Å². The van der Waals surface area contributed by atoms with E-state index in [2.05, 4.69) is 5.32 Å². The molecule has 146 valence electrons. The minimum atomic E-state index is -3.56. The number of amides is 1. The van der Waals surface area contributed by atoms with Crippen LogP contribution in [0, 0.1) is 0 Å². The van der Waals surface area contributed by atoms with Crippen LogP contribution in [0.2, 0.25) is 0 Å². The molecule has 1 fully saturated rings. The van der Waals surface area contributed by atoms with Gasteiger partial charge in [0.2, 0.25) is 0 Å². The maximum atomic E-state index is 12.5. The Balaban J connectivity index is 1.54. The van der Waals surface area contributed by atoms with E-state index in [1.165, 1.54) is 22.7 Å². The lowest BCUT2D eigenvalue weighted by molar-refractivity contribution is -0.123. The second-order valence-corrected chi connectivity index (χ2v) is 10.5. The lowest BCUT2D eigenvalue weighted by Gasteiger charge is -2.22. The van der Waals surface area contributed by atoms with E-state index < -0.39 is 10.0 Å². The predicted molar refractivity (Wildman–Crippen MR) is 110 cm³/mol. The molecule has 2 aromatic rings. The summed E-state index contributed by atoms with van der Waals surface area (Å²) in [7, 11) is -2.04. The SMILES string of the molecule is CN(c1ccc(OCC(=O)NC2CCSCC2)cc1)S(=O)(=O)c1cccs1. The number of thiophene rings is 1. The molecule has 0 atom stereocenters. The van der Waals surface area contributed by atoms with Gasteiger partial charge in [-0.3, -0.25) is 9.10 Å². The van der Waals surface area contributed by atoms with Crippen molar-refractivity contribution in [3.05, 3.63) is 41.8 Å². The summed E-state index contributed by atoms with van der Waals surface area (Å²) in [6, 6.07) is 10.2. The highest BCUT2D eigenvalue weighted by Gasteiger charge is 2.22. The van der Waals surface area contributed by atoms with E-state index >= 15 is 0 Å². The lowest BCUT2D eigenvalue weighted by atomic mass is 10.1. The number of carbonyl (C=O) groups is 1. The van der Waals surface area contributed by atoms with Crippen molar-refractivity contribution in [3.8, 4) is 5.75 Å². The van der Waals surface area contributed by atoms with Gasteiger partial charge >= 0.3 is 0 Å². The van der Waals surface area contributed by atoms with E-state index in [0.29, 0.717) is 15.6 Å². The van der Waals surface area contributed by atoms with Crippen LogP contribution in [0.15, 0.2) is 46.0 Å². The summed E-state index contributed by atoms with van der Waals surface area (Å²) in [5.41, 5.74) is 0.528. The molecule has 2 heterocycles. The molecule has 27 heavy (non-hydrogen) atoms. The van der Waals surface area contributed by atoms with E-state index in [9.17, 15) is 13.2 Å². The average molecular weight is 427 g/mol. The molecule has 1 aromatic heterocycles. The molecule has 1 aromatic carbocycles. The number of nitrogens with one attached hydrogen (secondary N) is 1. The number of ether oxygens (including phenoxy) is 1. The first kappa shape index (κ1) is 20.0. The standard InChI is InChI=1S/C18H22N2O4S3/c1-20(27(22,23)18-3-2-10-26-18)15-4-6-16(7-5-15)24-13-17(21)19-14-8-11-25-12-9-14/h2-7,10,14H,8-9,11-13H2,1H3,(H,19,21). The minimum absolute atomic E-state index is 0.0493. The molecule has 9 heteroatoms. The van der Waals surface area contributed by atoms with Crippen molar-refractivity contribution in [3.63, 3.8) is 0 Å². The van der Waals surface area contributed by atoms with Crippen LogP contribution in [0.1, 0.15) is 12.8 Å². The first-order valence-electron chi connectivity index (χ1n) is 8.59. The van der Waals surface area contributed by atoms with Crippen molar-refractivity contribution in [1.29, 1.82) is 0 Å². The minimum Gasteiger partial charge on any atom is -0.484 e. The number of sulfonamides is 1. The number of nitrogens with zero attached hydrogens (tertiary/aromatic N) is 1. The predicted octanol–water partition coefficient (Wildman–Crippen LogP) is 2.96. The van der Waals surface area contributed by atoms with E-state index in [1.54, 1.807) is 41.8 Å². The van der Waals surface area contributed by atoms with E-state index in [-0.39, 0.29) is 18.6 Å². The van der Waals surface area contributed by atoms with Crippen LogP contribution in [-0.2, 0) is 14.8 Å². The summed E-state index contributed by atoms with van der Waals surface area (Å²) in [5, 5.41) is 4.72. The van der Waals surface area contributed by atoms with E-state index in [4.69, 9.17) is 4.74 Å². The quantitative estimate of drug-likeness (QED) is 0.737. The first-order chi connectivity index (χ1) is 13.0. The summed E-state index contributed by atoms with van der Waals surface area (Å²) in [6.45, 7) is -0.0493. The van der Waals surface area contributed by atoms with E-state index in [1.807, 2.05) is 11.8 Å². The third kappa shape index (κ3) is 5.18. The summed E-state index contributed by atoms with van der Waals surface area (Å²) < 4.78 is 32.1. The van der Waals surface area contributed by atoms with Gasteiger partial charge in [-0.1, -0.05) is 6.07 Å². The largest absolute Gasteiger partial charge is 0.484 e. The third-order valence-corrected chi connectivity index (χ3v) is 8.47. The van der Waals surface area contributed by atoms with Crippen LogP contribution in [0.3, 0.4) is 0 Å². The number of carbonyl (C=O) groups excluding carboxylic acids is 1. The number of anilines is 1. The fourth-order valence-corrected chi connectivity index (χ4v) is 6.16. The fraction of sp³-hybridized carbons (Fsp3) is 0.389. The van der Waals surface area contributed by atoms with Crippen LogP contribution in [0.25, 0.3) is 0 Å². The summed E-state index contributed by atoms with van der Waals surface area (Å²) in [4.78, 5) is 12.0. The van der Waals surface area contributed by atoms with Gasteiger partial charge in [-0.05, 0) is 60.1 Å². The number of rotatable bonds is 7. The highest BCUT2D eigenvalue weighted by Crippen LogP contribution is 2.26. The third-order valence-electron chi connectivity index (χ3n) is 4.27. The van der Waals surface area contributed by atoms with Gasteiger partial charge < -0.3 is 10.1 Å². The van der Waals surface area contributed by atoms with Crippen molar-refractivity contribution in [1.82, 2.24) is 5.32 Å². The van der Waals surface area contributed by atoms with Crippen molar-refractivity contribution in [2.24, 2.45) is 0 Å². The maximum Gasteiger partial charge on any atom is 0.273 e. The molecule has 0 radical (unpaired) electrons. The summed E-state index contributed by atoms with van der Waals surface area (Å²) in [6.07, 6.45) is 1.99. The number of thioether (sulfide) groups is 1. The Bertz CT molecular complexity index is 845. The van der Waals surface area contributed by atoms with Crippen molar-refractivity contribution < 1.29 is 17.9 Å². The molecule has 1 aliphatic heterocycles. The Labute approximate surface area is 168 Å². The van der Waals surface area contributed by atoms with Crippen LogP contribution in [0.5, 0.6) is 5.75 Å². The molecule has 0 saturated carbocycles. The van der Waals surface area contributed by atoms with Gasteiger partial charge in [0.05, 0.1) is 5.69 Å². The smallest absolute Gasteiger partial charge is 0.273 e. The molecule has 0 aliphatic carbocycles.